The predicted molar refractivity (Wildman–Crippen MR) is 192 cm³/mol. The normalized spacial score (nSPS) is 11.6. The highest BCUT2D eigenvalue weighted by molar-refractivity contribution is 9.08. The van der Waals surface area contributed by atoms with E-state index in [1.807, 2.05) is 0 Å². The summed E-state index contributed by atoms with van der Waals surface area (Å²) >= 11 is 3.62. The fourth-order valence-electron chi connectivity index (χ4n) is 7.27. The molecule has 0 amide bonds. The topological polar surface area (TPSA) is 3.88 Å². The summed E-state index contributed by atoms with van der Waals surface area (Å²) in [6, 6.07) is 21.3. The van der Waals surface area contributed by atoms with Crippen molar-refractivity contribution in [2.24, 2.45) is 0 Å². The van der Waals surface area contributed by atoms with Gasteiger partial charge in [-0.05, 0) is 11.5 Å². The second-order valence-corrected chi connectivity index (χ2v) is 14.0. The van der Waals surface area contributed by atoms with Crippen LogP contribution < -0.4 is 26.4 Å². The van der Waals surface area contributed by atoms with Gasteiger partial charge in [0.2, 0.25) is 0 Å². The standard InChI is InChI=1S/C24BF20.C17H15BrN/c26-5-1(6(27)14(35)21(42)13(5)34)25(2-7(28)15(36)22(43)16(37)8(2)29,3-9(30)17(38)23(44)18(39)10(3)31)4-11(32)19(40)24(45)20(41)12(4)33;18-12-17-16-9-5-4-8-15(16)10-11-19(17)13-14-6-2-1-3-7-14/h;1-11H,12-13H2/q-1;+1. The second-order valence-electron chi connectivity index (χ2n) is 13.4. The lowest BCUT2D eigenvalue weighted by Gasteiger charge is -2.44. The molecule has 1 heterocycles. The third-order valence-electron chi connectivity index (χ3n) is 10.1. The number of aromatic nitrogens is 1. The molecule has 23 heteroatoms. The van der Waals surface area contributed by atoms with E-state index in [1.165, 1.54) is 22.0 Å². The third-order valence-corrected chi connectivity index (χ3v) is 10.6. The first-order chi connectivity index (χ1) is 30.1. The second kappa shape index (κ2) is 17.8. The van der Waals surface area contributed by atoms with Crippen molar-refractivity contribution in [3.8, 4) is 0 Å². The van der Waals surface area contributed by atoms with Crippen LogP contribution in [0.5, 0.6) is 0 Å². The highest BCUT2D eigenvalue weighted by Crippen LogP contribution is 2.31. The quantitative estimate of drug-likeness (QED) is 0.0374. The Balaban J connectivity index is 0.000000295. The first-order valence-corrected chi connectivity index (χ1v) is 18.4. The number of hydrogen-bond donors (Lipinski definition) is 0. The Morgan fingerprint density at radius 2 is 0.625 bits per heavy atom. The van der Waals surface area contributed by atoms with Crippen molar-refractivity contribution in [1.29, 1.82) is 0 Å². The van der Waals surface area contributed by atoms with E-state index < -0.39 is 144 Å². The number of alkyl halides is 1. The van der Waals surface area contributed by atoms with E-state index in [2.05, 4.69) is 87.4 Å². The lowest BCUT2D eigenvalue weighted by Crippen LogP contribution is -2.81. The van der Waals surface area contributed by atoms with Crippen LogP contribution in [-0.4, -0.2) is 6.15 Å². The van der Waals surface area contributed by atoms with Crippen LogP contribution in [0.2, 0.25) is 0 Å². The fourth-order valence-corrected chi connectivity index (χ4v) is 7.90. The van der Waals surface area contributed by atoms with Gasteiger partial charge in [0, 0.05) is 17.0 Å². The van der Waals surface area contributed by atoms with Gasteiger partial charge in [-0.25, -0.2) is 87.8 Å². The average Bonchev–Trinajstić information content (AvgIpc) is 3.29. The molecule has 1 aromatic heterocycles. The number of benzene rings is 6. The van der Waals surface area contributed by atoms with Crippen LogP contribution in [0.15, 0.2) is 66.9 Å². The molecule has 0 saturated heterocycles. The van der Waals surface area contributed by atoms with Crippen LogP contribution in [0.4, 0.5) is 87.8 Å². The fraction of sp³-hybridized carbons (Fsp3) is 0.0488. The molecular weight excluding hydrogens is 977 g/mol. The lowest BCUT2D eigenvalue weighted by atomic mass is 9.12. The molecule has 7 rings (SSSR count). The van der Waals surface area contributed by atoms with E-state index in [0.717, 1.165) is 11.9 Å². The van der Waals surface area contributed by atoms with Crippen molar-refractivity contribution in [2.75, 3.05) is 0 Å². The number of fused-ring (bicyclic) bond motifs is 1. The van der Waals surface area contributed by atoms with E-state index >= 15 is 35.1 Å². The Morgan fingerprint density at radius 3 is 0.938 bits per heavy atom. The predicted octanol–water partition coefficient (Wildman–Crippen LogP) is 9.92. The van der Waals surface area contributed by atoms with Crippen molar-refractivity contribution in [2.45, 2.75) is 11.9 Å². The first kappa shape index (κ1) is 47.4. The van der Waals surface area contributed by atoms with Gasteiger partial charge in [-0.3, -0.25) is 0 Å². The number of hydrogen-bond acceptors (Lipinski definition) is 0. The summed E-state index contributed by atoms with van der Waals surface area (Å²) in [4.78, 5) is 0. The minimum absolute atomic E-state index is 0.862. The zero-order valence-electron chi connectivity index (χ0n) is 30.7. The molecule has 0 saturated carbocycles. The summed E-state index contributed by atoms with van der Waals surface area (Å²) in [5.41, 5.74) is -11.7. The molecule has 334 valence electrons. The highest BCUT2D eigenvalue weighted by Gasteiger charge is 2.52. The van der Waals surface area contributed by atoms with Crippen molar-refractivity contribution < 1.29 is 92.4 Å². The van der Waals surface area contributed by atoms with Crippen LogP contribution in [0.25, 0.3) is 10.8 Å². The first-order valence-electron chi connectivity index (χ1n) is 17.3. The maximum atomic E-state index is 15.4. The van der Waals surface area contributed by atoms with Crippen LogP contribution in [-0.2, 0) is 11.9 Å². The molecule has 0 radical (unpaired) electrons. The molecule has 64 heavy (non-hydrogen) atoms. The van der Waals surface area contributed by atoms with Gasteiger partial charge in [0.05, 0.1) is 5.33 Å². The Bertz CT molecular complexity index is 2640. The lowest BCUT2D eigenvalue weighted by molar-refractivity contribution is -0.693. The summed E-state index contributed by atoms with van der Waals surface area (Å²) < 4.78 is 296. The van der Waals surface area contributed by atoms with Gasteiger partial charge < -0.3 is 0 Å². The molecule has 0 atom stereocenters. The van der Waals surface area contributed by atoms with Crippen molar-refractivity contribution in [1.82, 2.24) is 0 Å². The zero-order valence-corrected chi connectivity index (χ0v) is 32.3. The Labute approximate surface area is 352 Å². The van der Waals surface area contributed by atoms with Crippen molar-refractivity contribution in [3.63, 3.8) is 0 Å². The van der Waals surface area contributed by atoms with Gasteiger partial charge in [-0.15, -0.1) is 21.9 Å². The van der Waals surface area contributed by atoms with E-state index in [-0.39, 0.29) is 0 Å². The Kier molecular flexibility index (Phi) is 13.2. The summed E-state index contributed by atoms with van der Waals surface area (Å²) in [5.74, 6) is -71.4. The molecule has 0 unspecified atom stereocenters. The molecule has 7 aromatic rings. The molecule has 0 aliphatic carbocycles. The molecule has 0 N–H and O–H groups in total. The Morgan fingerprint density at radius 1 is 0.344 bits per heavy atom. The molecule has 1 nitrogen and oxygen atoms in total. The summed E-state index contributed by atoms with van der Waals surface area (Å²) in [5, 5.41) is 3.47. The molecular formula is C41H15BBrF20N. The van der Waals surface area contributed by atoms with E-state index in [1.54, 1.807) is 0 Å². The minimum Gasteiger partial charge on any atom is -0.207 e. The van der Waals surface area contributed by atoms with Crippen molar-refractivity contribution >= 4 is 54.7 Å². The van der Waals surface area contributed by atoms with Crippen LogP contribution in [0.1, 0.15) is 11.3 Å². The van der Waals surface area contributed by atoms with E-state index in [4.69, 9.17) is 0 Å². The minimum atomic E-state index is -7.22. The monoisotopic (exact) mass is 991 g/mol. The summed E-state index contributed by atoms with van der Waals surface area (Å²) in [7, 11) is 0. The van der Waals surface area contributed by atoms with E-state index in [0.29, 0.717) is 0 Å². The Hall–Kier alpha value is -6.13. The molecule has 0 fully saturated rings. The van der Waals surface area contributed by atoms with Gasteiger partial charge in [0.15, 0.2) is 88.2 Å². The third kappa shape index (κ3) is 7.29. The molecule has 0 bridgehead atoms. The smallest absolute Gasteiger partial charge is 0.200 e. The molecule has 0 aliphatic rings. The van der Waals surface area contributed by atoms with Gasteiger partial charge >= 0.3 is 0 Å². The van der Waals surface area contributed by atoms with Gasteiger partial charge in [0.25, 0.3) is 0 Å². The van der Waals surface area contributed by atoms with Crippen molar-refractivity contribution in [3.05, 3.63) is 194 Å². The van der Waals surface area contributed by atoms with Gasteiger partial charge in [-0.2, -0.15) is 4.57 Å². The average molecular weight is 992 g/mol. The van der Waals surface area contributed by atoms with Crippen LogP contribution >= 0.6 is 15.9 Å². The van der Waals surface area contributed by atoms with Crippen LogP contribution in [0.3, 0.4) is 0 Å². The van der Waals surface area contributed by atoms with Crippen LogP contribution in [0, 0.1) is 116 Å². The maximum Gasteiger partial charge on any atom is 0.200 e. The summed E-state index contributed by atoms with van der Waals surface area (Å²) in [6.45, 7) is 0.909. The zero-order chi connectivity index (χ0) is 47.4. The number of rotatable bonds is 7. The highest BCUT2D eigenvalue weighted by atomic mass is 79.9. The largest absolute Gasteiger partial charge is 0.207 e. The number of nitrogens with zero attached hydrogens (tertiary/aromatic N) is 1. The van der Waals surface area contributed by atoms with Gasteiger partial charge in [-0.1, -0.05) is 64.5 Å². The van der Waals surface area contributed by atoms with Gasteiger partial charge in [0.1, 0.15) is 52.7 Å². The summed E-state index contributed by atoms with van der Waals surface area (Å²) in [6.07, 6.45) is -5.04. The number of pyridine rings is 1. The number of halogens is 21. The molecule has 0 spiro atoms. The van der Waals surface area contributed by atoms with E-state index in [9.17, 15) is 52.7 Å². The molecule has 6 aromatic carbocycles. The maximum absolute atomic E-state index is 15.4. The molecule has 0 aliphatic heterocycles. The SMILES string of the molecule is BrCc1c2ccccc2cc[n+]1Cc1ccccc1.Fc1c(F)c(F)c([B-](c2c(F)c(F)c(F)c(F)c2F)(c2c(F)c(F)c(F)c(F)c2F)c2c(F)c(F)c(F)c(F)c2F)c(F)c1F.